The topological polar surface area (TPSA) is 76.7 Å². The number of H-pyrrole nitrogens is 1. The number of aromatic nitrogens is 3. The maximum atomic E-state index is 13.1. The summed E-state index contributed by atoms with van der Waals surface area (Å²) in [6.45, 7) is -2.68. The van der Waals surface area contributed by atoms with E-state index < -0.39 is 18.7 Å². The maximum Gasteiger partial charge on any atom is 0.387 e. The third-order valence-corrected chi connectivity index (χ3v) is 6.93. The van der Waals surface area contributed by atoms with Crippen LogP contribution in [0.25, 0.3) is 10.9 Å². The Morgan fingerprint density at radius 2 is 1.92 bits per heavy atom. The third kappa shape index (κ3) is 6.34. The fourth-order valence-corrected chi connectivity index (χ4v) is 4.65. The Bertz CT molecular complexity index is 1420. The van der Waals surface area contributed by atoms with Crippen molar-refractivity contribution in [1.82, 2.24) is 9.55 Å². The van der Waals surface area contributed by atoms with Crippen molar-refractivity contribution in [2.75, 3.05) is 6.61 Å². The molecule has 0 aliphatic heterocycles. The summed E-state index contributed by atoms with van der Waals surface area (Å²) in [5, 5.41) is 1.62. The number of pyridine rings is 2. The normalized spacial score (nSPS) is 14.0. The third-order valence-electron chi connectivity index (χ3n) is 6.26. The van der Waals surface area contributed by atoms with E-state index in [9.17, 15) is 13.6 Å². The molecule has 1 aromatic carbocycles. The lowest BCUT2D eigenvalue weighted by atomic mass is 10.0. The molecule has 11 heteroatoms. The number of carbonyl (C=O) groups excluding carboxylic acids is 1. The highest BCUT2D eigenvalue weighted by Crippen LogP contribution is 2.37. The summed E-state index contributed by atoms with van der Waals surface area (Å²) >= 11 is 12.8. The predicted molar refractivity (Wildman–Crippen MR) is 137 cm³/mol. The molecule has 1 N–H and O–H groups in total. The number of esters is 1. The molecule has 198 valence electrons. The Kier molecular flexibility index (Phi) is 7.95. The van der Waals surface area contributed by atoms with Gasteiger partial charge in [0, 0.05) is 36.0 Å². The van der Waals surface area contributed by atoms with Gasteiger partial charge in [-0.2, -0.15) is 8.78 Å². The first-order chi connectivity index (χ1) is 18.4. The molecule has 7 nitrogen and oxygen atoms in total. The van der Waals surface area contributed by atoms with Crippen LogP contribution in [0, 0.1) is 5.92 Å². The van der Waals surface area contributed by atoms with Crippen LogP contribution in [0.1, 0.15) is 30.1 Å². The van der Waals surface area contributed by atoms with Gasteiger partial charge < -0.3 is 18.8 Å². The number of aromatic amines is 1. The van der Waals surface area contributed by atoms with Crippen molar-refractivity contribution >= 4 is 40.1 Å². The van der Waals surface area contributed by atoms with Gasteiger partial charge >= 0.3 is 12.6 Å². The Hall–Kier alpha value is -3.43. The Morgan fingerprint density at radius 3 is 2.66 bits per heavy atom. The fraction of sp³-hybridized carbons (Fsp3) is 0.296. The van der Waals surface area contributed by atoms with Crippen molar-refractivity contribution in [3.05, 3.63) is 82.5 Å². The predicted octanol–water partition coefficient (Wildman–Crippen LogP) is 6.07. The van der Waals surface area contributed by atoms with Crippen molar-refractivity contribution in [3.63, 3.8) is 0 Å². The van der Waals surface area contributed by atoms with Gasteiger partial charge in [-0.25, -0.2) is 4.98 Å². The van der Waals surface area contributed by atoms with Gasteiger partial charge in [0.1, 0.15) is 22.7 Å². The molecule has 0 radical (unpaired) electrons. The molecule has 1 aliphatic carbocycles. The number of nitrogens with zero attached hydrogens (tertiary/aromatic N) is 2. The van der Waals surface area contributed by atoms with Gasteiger partial charge in [0.2, 0.25) is 0 Å². The highest BCUT2D eigenvalue weighted by molar-refractivity contribution is 6.35. The zero-order chi connectivity index (χ0) is 26.6. The van der Waals surface area contributed by atoms with Crippen molar-refractivity contribution in [1.29, 1.82) is 0 Å². The zero-order valence-electron chi connectivity index (χ0n) is 20.1. The average Bonchev–Trinajstić information content (AvgIpc) is 3.64. The van der Waals surface area contributed by atoms with Crippen LogP contribution in [0.15, 0.2) is 61.3 Å². The summed E-state index contributed by atoms with van der Waals surface area (Å²) in [6, 6.07) is 8.18. The minimum atomic E-state index is -3.01. The van der Waals surface area contributed by atoms with Gasteiger partial charge in [0.05, 0.1) is 12.1 Å². The van der Waals surface area contributed by atoms with Gasteiger partial charge in [-0.3, -0.25) is 9.78 Å². The molecule has 3 aromatic heterocycles. The number of benzene rings is 1. The van der Waals surface area contributed by atoms with E-state index in [1.54, 1.807) is 47.7 Å². The first-order valence-electron chi connectivity index (χ1n) is 12.0. The van der Waals surface area contributed by atoms with Gasteiger partial charge in [-0.1, -0.05) is 29.3 Å². The number of halogens is 4. The van der Waals surface area contributed by atoms with Gasteiger partial charge in [0.15, 0.2) is 23.9 Å². The van der Waals surface area contributed by atoms with Crippen LogP contribution in [0.5, 0.6) is 11.5 Å². The minimum absolute atomic E-state index is 0.0499. The van der Waals surface area contributed by atoms with E-state index >= 15 is 0 Å². The molecule has 5 rings (SSSR count). The number of hydrogen-bond acceptors (Lipinski definition) is 5. The Labute approximate surface area is 227 Å². The second-order valence-corrected chi connectivity index (χ2v) is 9.84. The lowest BCUT2D eigenvalue weighted by Crippen LogP contribution is -2.19. The summed E-state index contributed by atoms with van der Waals surface area (Å²) in [4.78, 5) is 20.1. The number of ether oxygens (including phenoxy) is 3. The molecule has 1 aliphatic rings. The maximum absolute atomic E-state index is 13.1. The molecule has 0 spiro atoms. The van der Waals surface area contributed by atoms with E-state index in [4.69, 9.17) is 32.7 Å². The first kappa shape index (κ1) is 26.2. The van der Waals surface area contributed by atoms with Crippen molar-refractivity contribution in [2.45, 2.75) is 38.5 Å². The second kappa shape index (κ2) is 11.5. The second-order valence-electron chi connectivity index (χ2n) is 9.03. The monoisotopic (exact) mass is 562 g/mol. The Morgan fingerprint density at radius 1 is 1.13 bits per heavy atom. The first-order valence-corrected chi connectivity index (χ1v) is 12.8. The van der Waals surface area contributed by atoms with Crippen molar-refractivity contribution in [3.8, 4) is 11.5 Å². The van der Waals surface area contributed by atoms with Gasteiger partial charge in [0.25, 0.3) is 0 Å². The molecule has 0 unspecified atom stereocenters. The molecule has 0 bridgehead atoms. The molecular formula is C27H24Cl2F2N3O4+. The summed E-state index contributed by atoms with van der Waals surface area (Å²) in [5.74, 6) is -0.0608. The molecule has 1 fully saturated rings. The number of rotatable bonds is 11. The lowest BCUT2D eigenvalue weighted by molar-refractivity contribution is -0.377. The van der Waals surface area contributed by atoms with Crippen molar-refractivity contribution < 1.29 is 32.8 Å². The quantitative estimate of drug-likeness (QED) is 0.207. The van der Waals surface area contributed by atoms with Gasteiger partial charge in [-0.15, -0.1) is 0 Å². The molecular weight excluding hydrogens is 539 g/mol. The Balaban J connectivity index is 1.44. The van der Waals surface area contributed by atoms with Crippen LogP contribution >= 0.6 is 23.2 Å². The molecule has 4 aromatic rings. The standard InChI is InChI=1S/C27H23Cl2F2N3O4/c28-20-12-33-13-21(29)19(20)10-24(37-26(35)14-34-8-6-18-11-32-7-5-22(18)34)17-3-4-23(38-27(30)31)25(9-17)36-15-16-1-2-16/h3-9,11-13,16,24,27H,1-2,10,14-15H2/p+1/t24-/m0/s1. The highest BCUT2D eigenvalue weighted by atomic mass is 35.5. The van der Waals surface area contributed by atoms with Crippen LogP contribution in [0.4, 0.5) is 8.78 Å². The van der Waals surface area contributed by atoms with Gasteiger partial charge in [-0.05, 0) is 48.6 Å². The number of fused-ring (bicyclic) bond motifs is 1. The number of hydrogen-bond donors (Lipinski definition) is 0. The summed E-state index contributed by atoms with van der Waals surface area (Å²) < 4.78 is 44.2. The molecule has 1 saturated carbocycles. The molecule has 0 saturated heterocycles. The van der Waals surface area contributed by atoms with Crippen LogP contribution in [-0.2, 0) is 22.5 Å². The minimum Gasteiger partial charge on any atom is -0.489 e. The van der Waals surface area contributed by atoms with Crippen molar-refractivity contribution in [2.24, 2.45) is 5.92 Å². The van der Waals surface area contributed by atoms with E-state index in [-0.39, 0.29) is 24.5 Å². The smallest absolute Gasteiger partial charge is 0.387 e. The SMILES string of the molecule is O=C(Cn1ccc2cnccc21)O[C@@H](Cc1c(Cl)c[nH+]cc1Cl)c1ccc(OC(F)F)c(OCC2CC2)c1. The number of nitrogens with one attached hydrogen (secondary N) is 1. The molecule has 38 heavy (non-hydrogen) atoms. The number of alkyl halides is 2. The van der Waals surface area contributed by atoms with Crippen LogP contribution in [-0.4, -0.2) is 28.7 Å². The average molecular weight is 563 g/mol. The molecule has 3 heterocycles. The largest absolute Gasteiger partial charge is 0.489 e. The number of carbonyl (C=O) groups is 1. The van der Waals surface area contributed by atoms with Crippen LogP contribution < -0.4 is 14.5 Å². The fourth-order valence-electron chi connectivity index (χ4n) is 4.12. The van der Waals surface area contributed by atoms with E-state index in [0.29, 0.717) is 33.7 Å². The van der Waals surface area contributed by atoms with E-state index in [0.717, 1.165) is 23.7 Å². The van der Waals surface area contributed by atoms with E-state index in [1.807, 2.05) is 12.1 Å². The van der Waals surface area contributed by atoms with Crippen LogP contribution in [0.2, 0.25) is 10.0 Å². The highest BCUT2D eigenvalue weighted by Gasteiger charge is 2.26. The summed E-state index contributed by atoms with van der Waals surface area (Å²) in [6.07, 6.45) is 9.64. The van der Waals surface area contributed by atoms with E-state index in [2.05, 4.69) is 14.7 Å². The van der Waals surface area contributed by atoms with Crippen LogP contribution in [0.3, 0.4) is 0 Å². The molecule has 1 atom stereocenters. The lowest BCUT2D eigenvalue weighted by Gasteiger charge is -2.21. The zero-order valence-corrected chi connectivity index (χ0v) is 21.6. The van der Waals surface area contributed by atoms with E-state index in [1.165, 1.54) is 6.07 Å². The summed E-state index contributed by atoms with van der Waals surface area (Å²) in [5.41, 5.74) is 1.92. The summed E-state index contributed by atoms with van der Waals surface area (Å²) in [7, 11) is 0. The molecule has 0 amide bonds.